The maximum atomic E-state index is 12.0. The van der Waals surface area contributed by atoms with E-state index in [1.54, 1.807) is 0 Å². The van der Waals surface area contributed by atoms with Gasteiger partial charge in [-0.15, -0.1) is 0 Å². The molecule has 0 aromatic heterocycles. The molecule has 0 unspecified atom stereocenters. The fourth-order valence-electron chi connectivity index (χ4n) is 3.78. The second kappa shape index (κ2) is 10.5. The van der Waals surface area contributed by atoms with Gasteiger partial charge in [-0.1, -0.05) is 119 Å². The van der Waals surface area contributed by atoms with Crippen LogP contribution in [-0.2, 0) is 50.2 Å². The van der Waals surface area contributed by atoms with Gasteiger partial charge in [-0.05, 0) is 55.0 Å². The normalized spacial score (nSPS) is 13.7. The largest absolute Gasteiger partial charge is 2.00 e. The number of phosphoric ester groups is 1. The molecule has 2 aromatic carbocycles. The van der Waals surface area contributed by atoms with Crippen LogP contribution >= 0.6 is 7.82 Å². The van der Waals surface area contributed by atoms with Crippen molar-refractivity contribution in [3.05, 3.63) is 69.8 Å². The number of benzene rings is 2. The monoisotopic (exact) mass is 550 g/mol. The SMILES string of the molecule is CC(C)(C)c1cc(C(OP(=O)([O-])[O-])c2cc(C(C)(C)C)cc(C(C)(C)C)c2)cc(C(C)(C)C)c1.[Zn+2]. The van der Waals surface area contributed by atoms with Crippen LogP contribution in [0.2, 0.25) is 0 Å². The van der Waals surface area contributed by atoms with E-state index in [0.717, 1.165) is 22.3 Å². The average molecular weight is 552 g/mol. The van der Waals surface area contributed by atoms with Gasteiger partial charge in [0.25, 0.3) is 0 Å². The molecule has 0 aliphatic rings. The Morgan fingerprint density at radius 3 is 0.971 bits per heavy atom. The number of hydrogen-bond donors (Lipinski definition) is 0. The zero-order valence-electron chi connectivity index (χ0n) is 23.8. The van der Waals surface area contributed by atoms with E-state index in [0.29, 0.717) is 11.1 Å². The number of rotatable bonds is 4. The van der Waals surface area contributed by atoms with Gasteiger partial charge in [0.15, 0.2) is 0 Å². The predicted octanol–water partition coefficient (Wildman–Crippen LogP) is 6.81. The van der Waals surface area contributed by atoms with Gasteiger partial charge in [-0.3, -0.25) is 0 Å². The van der Waals surface area contributed by atoms with Crippen LogP contribution in [0.25, 0.3) is 0 Å². The fraction of sp³-hybridized carbons (Fsp3) is 0.586. The van der Waals surface area contributed by atoms with Crippen molar-refractivity contribution in [1.29, 1.82) is 0 Å². The maximum absolute atomic E-state index is 12.0. The minimum Gasteiger partial charge on any atom is -0.790 e. The van der Waals surface area contributed by atoms with E-state index in [1.165, 1.54) is 0 Å². The van der Waals surface area contributed by atoms with Gasteiger partial charge in [-0.2, -0.15) is 0 Å². The van der Waals surface area contributed by atoms with Gasteiger partial charge in [0.2, 0.25) is 0 Å². The van der Waals surface area contributed by atoms with Gasteiger partial charge in [0.1, 0.15) is 6.10 Å². The second-order valence-electron chi connectivity index (χ2n) is 13.6. The summed E-state index contributed by atoms with van der Waals surface area (Å²) in [7, 11) is -5.28. The number of hydrogen-bond acceptors (Lipinski definition) is 4. The quantitative estimate of drug-likeness (QED) is 0.309. The third-order valence-electron chi connectivity index (χ3n) is 6.21. The molecule has 2 aromatic rings. The topological polar surface area (TPSA) is 72.4 Å². The first kappa shape index (κ1) is 32.2. The molecule has 190 valence electrons. The summed E-state index contributed by atoms with van der Waals surface area (Å²) in [5.74, 6) is 0. The van der Waals surface area contributed by atoms with E-state index in [2.05, 4.69) is 95.2 Å². The summed E-state index contributed by atoms with van der Waals surface area (Å²) in [5.41, 5.74) is 4.97. The second-order valence-corrected chi connectivity index (χ2v) is 14.7. The molecule has 0 heterocycles. The minimum atomic E-state index is -5.28. The van der Waals surface area contributed by atoms with Crippen molar-refractivity contribution in [3.8, 4) is 0 Å². The molecule has 4 nitrogen and oxygen atoms in total. The minimum absolute atomic E-state index is 0. The van der Waals surface area contributed by atoms with Crippen LogP contribution < -0.4 is 9.79 Å². The van der Waals surface area contributed by atoms with Crippen LogP contribution in [-0.4, -0.2) is 0 Å². The number of phosphoric acid groups is 1. The third-order valence-corrected chi connectivity index (χ3v) is 6.68. The smallest absolute Gasteiger partial charge is 0.790 e. The first-order valence-electron chi connectivity index (χ1n) is 12.0. The van der Waals surface area contributed by atoms with E-state index in [4.69, 9.17) is 4.52 Å². The van der Waals surface area contributed by atoms with E-state index in [-0.39, 0.29) is 41.1 Å². The molecular formula is C29H43O4PZn. The fourth-order valence-corrected chi connectivity index (χ4v) is 4.28. The molecule has 35 heavy (non-hydrogen) atoms. The van der Waals surface area contributed by atoms with Crippen molar-refractivity contribution >= 4 is 7.82 Å². The van der Waals surface area contributed by atoms with Gasteiger partial charge in [0.05, 0.1) is 7.82 Å². The molecule has 0 aliphatic heterocycles. The van der Waals surface area contributed by atoms with Crippen molar-refractivity contribution in [3.63, 3.8) is 0 Å². The Morgan fingerprint density at radius 1 is 0.571 bits per heavy atom. The van der Waals surface area contributed by atoms with E-state index >= 15 is 0 Å². The molecule has 0 saturated carbocycles. The van der Waals surface area contributed by atoms with Crippen molar-refractivity contribution in [1.82, 2.24) is 0 Å². The molecule has 0 fully saturated rings. The van der Waals surface area contributed by atoms with E-state index in [1.807, 2.05) is 24.3 Å². The van der Waals surface area contributed by atoms with Gasteiger partial charge >= 0.3 is 19.5 Å². The van der Waals surface area contributed by atoms with Crippen LogP contribution in [0.5, 0.6) is 0 Å². The molecule has 2 rings (SSSR count). The Kier molecular flexibility index (Phi) is 9.67. The summed E-state index contributed by atoms with van der Waals surface area (Å²) in [6.45, 7) is 25.5. The van der Waals surface area contributed by atoms with Gasteiger partial charge in [0, 0.05) is 0 Å². The van der Waals surface area contributed by atoms with Crippen molar-refractivity contribution in [2.45, 2.75) is 111 Å². The molecular weight excluding hydrogens is 509 g/mol. The molecule has 0 spiro atoms. The van der Waals surface area contributed by atoms with Crippen molar-refractivity contribution < 1.29 is 38.4 Å². The zero-order valence-corrected chi connectivity index (χ0v) is 27.7. The van der Waals surface area contributed by atoms with Crippen LogP contribution in [0.4, 0.5) is 0 Å². The molecule has 0 saturated heterocycles. The van der Waals surface area contributed by atoms with Crippen molar-refractivity contribution in [2.75, 3.05) is 0 Å². The summed E-state index contributed by atoms with van der Waals surface area (Å²) >= 11 is 0. The Labute approximate surface area is 226 Å². The van der Waals surface area contributed by atoms with Crippen LogP contribution in [0.1, 0.15) is 123 Å². The summed E-state index contributed by atoms with van der Waals surface area (Å²) < 4.78 is 17.3. The van der Waals surface area contributed by atoms with Crippen LogP contribution in [0, 0.1) is 0 Å². The molecule has 0 aliphatic carbocycles. The maximum Gasteiger partial charge on any atom is 2.00 e. The molecule has 0 amide bonds. The molecule has 0 N–H and O–H groups in total. The summed E-state index contributed by atoms with van der Waals surface area (Å²) in [6, 6.07) is 12.3. The Hall–Kier alpha value is -0.827. The Balaban J connectivity index is 0.00000612. The Morgan fingerprint density at radius 2 is 0.800 bits per heavy atom. The summed E-state index contributed by atoms with van der Waals surface area (Å²) in [5, 5.41) is 0. The summed E-state index contributed by atoms with van der Waals surface area (Å²) in [6.07, 6.45) is -1.02. The van der Waals surface area contributed by atoms with Crippen LogP contribution in [0.3, 0.4) is 0 Å². The Bertz CT molecular complexity index is 934. The third kappa shape index (κ3) is 8.90. The predicted molar refractivity (Wildman–Crippen MR) is 138 cm³/mol. The van der Waals surface area contributed by atoms with E-state index in [9.17, 15) is 14.4 Å². The van der Waals surface area contributed by atoms with Crippen LogP contribution in [0.15, 0.2) is 36.4 Å². The molecule has 0 radical (unpaired) electrons. The standard InChI is InChI=1S/C29H45O4P.Zn/c1-26(2,3)21-13-19(14-22(17-21)27(4,5)6)25(33-34(30,31)32)20-15-23(28(7,8)9)18-24(16-20)29(10,11)12;/h13-18,25H,1-12H3,(H2,30,31,32);/q;+2/p-2. The zero-order chi connectivity index (χ0) is 26.5. The first-order valence-corrected chi connectivity index (χ1v) is 13.5. The molecule has 6 heteroatoms. The van der Waals surface area contributed by atoms with E-state index < -0.39 is 13.9 Å². The van der Waals surface area contributed by atoms with Crippen molar-refractivity contribution in [2.24, 2.45) is 0 Å². The average Bonchev–Trinajstić information content (AvgIpc) is 2.62. The molecule has 0 atom stereocenters. The molecule has 0 bridgehead atoms. The summed E-state index contributed by atoms with van der Waals surface area (Å²) in [4.78, 5) is 23.9. The van der Waals surface area contributed by atoms with Gasteiger partial charge < -0.3 is 18.9 Å². The first-order chi connectivity index (χ1) is 15.0. The van der Waals surface area contributed by atoms with Gasteiger partial charge in [-0.25, -0.2) is 0 Å².